The summed E-state index contributed by atoms with van der Waals surface area (Å²) in [6, 6.07) is 9.21. The lowest BCUT2D eigenvalue weighted by Gasteiger charge is -2.10. The molecule has 1 heterocycles. The smallest absolute Gasteiger partial charge is 0.339 e. The van der Waals surface area contributed by atoms with Crippen molar-refractivity contribution < 1.29 is 18.3 Å². The van der Waals surface area contributed by atoms with Crippen LogP contribution in [-0.4, -0.2) is 13.0 Å². The molecule has 0 aliphatic heterocycles. The lowest BCUT2D eigenvalue weighted by atomic mass is 10.0. The maximum absolute atomic E-state index is 13.8. The van der Waals surface area contributed by atoms with E-state index < -0.39 is 17.3 Å². The number of carbonyl (C=O) groups is 1. The molecule has 2 aromatic carbocycles. The summed E-state index contributed by atoms with van der Waals surface area (Å²) in [4.78, 5) is 24.4. The van der Waals surface area contributed by atoms with Crippen molar-refractivity contribution in [1.82, 2.24) is 0 Å². The molecule has 1 N–H and O–H groups in total. The molecule has 0 aliphatic carbocycles. The van der Waals surface area contributed by atoms with Crippen molar-refractivity contribution in [3.05, 3.63) is 68.8 Å². The molecule has 0 bridgehead atoms. The number of anilines is 1. The van der Waals surface area contributed by atoms with E-state index in [0.29, 0.717) is 16.9 Å². The largest absolute Gasteiger partial charge is 0.497 e. The molecule has 5 nitrogen and oxygen atoms in total. The Morgan fingerprint density at radius 2 is 2.04 bits per heavy atom. The van der Waals surface area contributed by atoms with Gasteiger partial charge in [-0.2, -0.15) is 0 Å². The Balaban J connectivity index is 1.78. The summed E-state index contributed by atoms with van der Waals surface area (Å²) in [6.07, 6.45) is 0.187. The van der Waals surface area contributed by atoms with E-state index in [0.717, 1.165) is 17.0 Å². The molecule has 3 rings (SSSR count). The molecule has 0 radical (unpaired) electrons. The van der Waals surface area contributed by atoms with Crippen LogP contribution in [0.2, 0.25) is 5.02 Å². The summed E-state index contributed by atoms with van der Waals surface area (Å²) >= 11 is 5.69. The van der Waals surface area contributed by atoms with E-state index in [-0.39, 0.29) is 23.6 Å². The van der Waals surface area contributed by atoms with Crippen molar-refractivity contribution >= 4 is 34.2 Å². The molecular weight excluding hydrogens is 373 g/mol. The monoisotopic (exact) mass is 389 g/mol. The van der Waals surface area contributed by atoms with Crippen LogP contribution in [0.15, 0.2) is 45.6 Å². The Morgan fingerprint density at radius 3 is 2.74 bits per heavy atom. The van der Waals surface area contributed by atoms with Gasteiger partial charge in [0, 0.05) is 28.5 Å². The second-order valence-corrected chi connectivity index (χ2v) is 6.46. The van der Waals surface area contributed by atoms with Crippen LogP contribution in [0.3, 0.4) is 0 Å². The molecule has 0 fully saturated rings. The number of nitrogens with one attached hydrogen (secondary N) is 1. The van der Waals surface area contributed by atoms with Crippen LogP contribution in [0.4, 0.5) is 10.1 Å². The van der Waals surface area contributed by atoms with Crippen molar-refractivity contribution in [3.63, 3.8) is 0 Å². The maximum atomic E-state index is 13.8. The molecule has 0 atom stereocenters. The Labute approximate surface area is 159 Å². The number of ether oxygens (including phenoxy) is 1. The number of hydrogen-bond donors (Lipinski definition) is 1. The summed E-state index contributed by atoms with van der Waals surface area (Å²) in [6.45, 7) is 1.80. The predicted octanol–water partition coefficient (Wildman–Crippen LogP) is 4.47. The molecular formula is C20H17ClFNO4. The van der Waals surface area contributed by atoms with E-state index in [4.69, 9.17) is 20.8 Å². The van der Waals surface area contributed by atoms with Crippen LogP contribution >= 0.6 is 11.6 Å². The SMILES string of the molecule is COc1ccc2c(C)c(CCC(=O)Nc3ccc(Cl)cc3F)c(=O)oc2c1. The summed E-state index contributed by atoms with van der Waals surface area (Å²) in [5.41, 5.74) is 1.12. The zero-order chi connectivity index (χ0) is 19.6. The van der Waals surface area contributed by atoms with Crippen LogP contribution in [0, 0.1) is 12.7 Å². The second kappa shape index (κ2) is 7.80. The summed E-state index contributed by atoms with van der Waals surface area (Å²) < 4.78 is 24.3. The molecule has 0 spiro atoms. The number of hydrogen-bond acceptors (Lipinski definition) is 4. The van der Waals surface area contributed by atoms with E-state index in [9.17, 15) is 14.0 Å². The highest BCUT2D eigenvalue weighted by Gasteiger charge is 2.14. The Bertz CT molecular complexity index is 1080. The maximum Gasteiger partial charge on any atom is 0.339 e. The molecule has 7 heteroatoms. The third-order valence-corrected chi connectivity index (χ3v) is 4.54. The number of fused-ring (bicyclic) bond motifs is 1. The molecule has 27 heavy (non-hydrogen) atoms. The van der Waals surface area contributed by atoms with Gasteiger partial charge in [-0.1, -0.05) is 11.6 Å². The minimum absolute atomic E-state index is 0.00925. The number of aryl methyl sites for hydroxylation is 1. The highest BCUT2D eigenvalue weighted by molar-refractivity contribution is 6.30. The highest BCUT2D eigenvalue weighted by atomic mass is 35.5. The van der Waals surface area contributed by atoms with E-state index in [1.165, 1.54) is 19.2 Å². The average Bonchev–Trinajstić information content (AvgIpc) is 2.63. The van der Waals surface area contributed by atoms with Gasteiger partial charge in [-0.15, -0.1) is 0 Å². The minimum atomic E-state index is -0.619. The molecule has 0 aliphatic rings. The van der Waals surface area contributed by atoms with Gasteiger partial charge in [-0.25, -0.2) is 9.18 Å². The molecule has 140 valence electrons. The predicted molar refractivity (Wildman–Crippen MR) is 102 cm³/mol. The first kappa shape index (κ1) is 18.9. The first-order chi connectivity index (χ1) is 12.9. The van der Waals surface area contributed by atoms with E-state index in [1.807, 2.05) is 0 Å². The lowest BCUT2D eigenvalue weighted by molar-refractivity contribution is -0.116. The van der Waals surface area contributed by atoms with Crippen molar-refractivity contribution in [2.45, 2.75) is 19.8 Å². The second-order valence-electron chi connectivity index (χ2n) is 6.03. The van der Waals surface area contributed by atoms with Crippen molar-refractivity contribution in [2.75, 3.05) is 12.4 Å². The van der Waals surface area contributed by atoms with Gasteiger partial charge in [0.25, 0.3) is 0 Å². The highest BCUT2D eigenvalue weighted by Crippen LogP contribution is 2.25. The van der Waals surface area contributed by atoms with Crippen LogP contribution in [0.1, 0.15) is 17.5 Å². The summed E-state index contributed by atoms with van der Waals surface area (Å²) in [5.74, 6) is -0.446. The average molecular weight is 390 g/mol. The first-order valence-corrected chi connectivity index (χ1v) is 8.62. The van der Waals surface area contributed by atoms with Gasteiger partial charge in [0.2, 0.25) is 5.91 Å². The number of carbonyl (C=O) groups excluding carboxylic acids is 1. The van der Waals surface area contributed by atoms with Gasteiger partial charge in [0.15, 0.2) is 0 Å². The molecule has 0 unspecified atom stereocenters. The fraction of sp³-hybridized carbons (Fsp3) is 0.200. The van der Waals surface area contributed by atoms with Crippen molar-refractivity contribution in [1.29, 1.82) is 0 Å². The number of amides is 1. The quantitative estimate of drug-likeness (QED) is 0.653. The van der Waals surface area contributed by atoms with Crippen LogP contribution in [0.5, 0.6) is 5.75 Å². The minimum Gasteiger partial charge on any atom is -0.497 e. The van der Waals surface area contributed by atoms with Crippen molar-refractivity contribution in [2.24, 2.45) is 0 Å². The van der Waals surface area contributed by atoms with E-state index in [1.54, 1.807) is 25.1 Å². The van der Waals surface area contributed by atoms with Crippen molar-refractivity contribution in [3.8, 4) is 5.75 Å². The molecule has 3 aromatic rings. The number of methoxy groups -OCH3 is 1. The third kappa shape index (κ3) is 4.11. The van der Waals surface area contributed by atoms with Gasteiger partial charge in [0.1, 0.15) is 17.1 Å². The number of halogens is 2. The Hall–Kier alpha value is -2.86. The third-order valence-electron chi connectivity index (χ3n) is 4.30. The van der Waals surface area contributed by atoms with E-state index >= 15 is 0 Å². The molecule has 0 saturated carbocycles. The standard InChI is InChI=1S/C20H17ClFNO4/c1-11-14-5-4-13(26-2)10-18(14)27-20(25)15(11)6-8-19(24)23-17-7-3-12(21)9-16(17)22/h3-5,7,9-10H,6,8H2,1-2H3,(H,23,24). The number of rotatable bonds is 5. The van der Waals surface area contributed by atoms with Crippen LogP contribution in [0.25, 0.3) is 11.0 Å². The lowest BCUT2D eigenvalue weighted by Crippen LogP contribution is -2.17. The molecule has 1 aromatic heterocycles. The Kier molecular flexibility index (Phi) is 5.46. The van der Waals surface area contributed by atoms with Gasteiger partial charge >= 0.3 is 5.63 Å². The zero-order valence-electron chi connectivity index (χ0n) is 14.8. The summed E-state index contributed by atoms with van der Waals surface area (Å²) in [7, 11) is 1.53. The first-order valence-electron chi connectivity index (χ1n) is 8.24. The number of benzene rings is 2. The topological polar surface area (TPSA) is 68.5 Å². The fourth-order valence-electron chi connectivity index (χ4n) is 2.83. The summed E-state index contributed by atoms with van der Waals surface area (Å²) in [5, 5.41) is 3.49. The Morgan fingerprint density at radius 1 is 1.26 bits per heavy atom. The van der Waals surface area contributed by atoms with Crippen LogP contribution < -0.4 is 15.7 Å². The molecule has 0 saturated heterocycles. The van der Waals surface area contributed by atoms with Crippen LogP contribution in [-0.2, 0) is 11.2 Å². The van der Waals surface area contributed by atoms with Gasteiger partial charge in [-0.05, 0) is 49.2 Å². The normalized spacial score (nSPS) is 10.8. The van der Waals surface area contributed by atoms with E-state index in [2.05, 4.69) is 5.32 Å². The van der Waals surface area contributed by atoms with Gasteiger partial charge in [0.05, 0.1) is 12.8 Å². The fourth-order valence-corrected chi connectivity index (χ4v) is 2.99. The zero-order valence-corrected chi connectivity index (χ0v) is 15.5. The van der Waals surface area contributed by atoms with Gasteiger partial charge < -0.3 is 14.5 Å². The van der Waals surface area contributed by atoms with Gasteiger partial charge in [-0.3, -0.25) is 4.79 Å². The molecule has 1 amide bonds.